The summed E-state index contributed by atoms with van der Waals surface area (Å²) >= 11 is 0. The first-order chi connectivity index (χ1) is 44.1. The standard InChI is InChI=1S/C84H154O5/c1-3-5-7-9-11-13-15-17-19-21-23-25-27-29-31-33-35-37-39-41-42-43-45-47-49-51-53-55-57-59-61-63-65-67-69-71-73-75-77-79-84(87)89-82(80-85)81-88-83(86)78-76-74-72-70-68-66-64-62-60-58-56-54-52-50-48-46-44-40-38-36-34-32-30-28-26-24-22-20-18-16-14-12-10-8-6-4-2/h5,7,11,13,17,19,23,25,29,31,35,37,82,85H,3-4,6,8-10,12,14-16,18,20-22,24,26-28,30,32-34,36,38-81H2,1-2H3/b7-5-,13-11-,19-17-,25-23-,31-29-,37-35-. The molecule has 0 saturated carbocycles. The molecule has 520 valence electrons. The van der Waals surface area contributed by atoms with Crippen molar-refractivity contribution in [3.05, 3.63) is 72.9 Å². The van der Waals surface area contributed by atoms with E-state index in [0.29, 0.717) is 12.8 Å². The van der Waals surface area contributed by atoms with Gasteiger partial charge in [-0.1, -0.05) is 427 Å². The van der Waals surface area contributed by atoms with Crippen LogP contribution >= 0.6 is 0 Å². The molecule has 89 heavy (non-hydrogen) atoms. The van der Waals surface area contributed by atoms with Crippen LogP contribution in [0.4, 0.5) is 0 Å². The van der Waals surface area contributed by atoms with Gasteiger partial charge in [0.05, 0.1) is 6.61 Å². The minimum Gasteiger partial charge on any atom is -0.462 e. The second-order valence-corrected chi connectivity index (χ2v) is 27.1. The van der Waals surface area contributed by atoms with Gasteiger partial charge in [0.25, 0.3) is 0 Å². The molecule has 0 rings (SSSR count). The van der Waals surface area contributed by atoms with Crippen molar-refractivity contribution in [3.63, 3.8) is 0 Å². The molecule has 1 unspecified atom stereocenters. The number of unbranched alkanes of at least 4 members (excludes halogenated alkanes) is 55. The van der Waals surface area contributed by atoms with Gasteiger partial charge in [-0.3, -0.25) is 9.59 Å². The molecule has 0 aromatic heterocycles. The van der Waals surface area contributed by atoms with E-state index < -0.39 is 6.10 Å². The molecular weight excluding hydrogens is 1090 g/mol. The van der Waals surface area contributed by atoms with Crippen LogP contribution in [0.15, 0.2) is 72.9 Å². The van der Waals surface area contributed by atoms with Crippen LogP contribution in [0.5, 0.6) is 0 Å². The number of carbonyl (C=O) groups excluding carboxylic acids is 2. The summed E-state index contributed by atoms with van der Waals surface area (Å²) in [4.78, 5) is 24.7. The zero-order valence-corrected chi connectivity index (χ0v) is 60.0. The highest BCUT2D eigenvalue weighted by molar-refractivity contribution is 5.70. The summed E-state index contributed by atoms with van der Waals surface area (Å²) in [5.41, 5.74) is 0. The van der Waals surface area contributed by atoms with E-state index in [1.54, 1.807) is 0 Å². The number of ether oxygens (including phenoxy) is 2. The minimum absolute atomic E-state index is 0.0603. The summed E-state index contributed by atoms with van der Waals surface area (Å²) in [5, 5.41) is 9.73. The van der Waals surface area contributed by atoms with Crippen molar-refractivity contribution >= 4 is 11.9 Å². The van der Waals surface area contributed by atoms with Gasteiger partial charge in [-0.25, -0.2) is 0 Å². The van der Waals surface area contributed by atoms with Gasteiger partial charge < -0.3 is 14.6 Å². The van der Waals surface area contributed by atoms with Crippen molar-refractivity contribution in [2.45, 2.75) is 437 Å². The second kappa shape index (κ2) is 79.6. The van der Waals surface area contributed by atoms with E-state index in [0.717, 1.165) is 70.6 Å². The molecule has 0 aromatic rings. The van der Waals surface area contributed by atoms with Crippen molar-refractivity contribution in [2.24, 2.45) is 0 Å². The third-order valence-corrected chi connectivity index (χ3v) is 18.3. The average Bonchev–Trinajstić information content (AvgIpc) is 3.55. The summed E-state index contributed by atoms with van der Waals surface area (Å²) in [6.07, 6.45) is 111. The van der Waals surface area contributed by atoms with Gasteiger partial charge in [0, 0.05) is 12.8 Å². The fraction of sp³-hybridized carbons (Fsp3) is 0.833. The lowest BCUT2D eigenvalue weighted by Crippen LogP contribution is -2.28. The lowest BCUT2D eigenvalue weighted by atomic mass is 10.0. The SMILES string of the molecule is CC/C=C\C/C=C\C/C=C\C/C=C\C/C=C\C/C=C\CCCCCCCCCCCCCCCCCCCCCCC(=O)OC(CO)COC(=O)CCCCCCCCCCCCCCCCCCCCCCCCCCCCCCCCCCCCCC. The van der Waals surface area contributed by atoms with Crippen molar-refractivity contribution in [2.75, 3.05) is 13.2 Å². The van der Waals surface area contributed by atoms with E-state index in [9.17, 15) is 14.7 Å². The Morgan fingerprint density at radius 3 is 0.730 bits per heavy atom. The second-order valence-electron chi connectivity index (χ2n) is 27.1. The number of hydrogen-bond acceptors (Lipinski definition) is 5. The van der Waals surface area contributed by atoms with Gasteiger partial charge in [-0.2, -0.15) is 0 Å². The van der Waals surface area contributed by atoms with Crippen molar-refractivity contribution in [1.82, 2.24) is 0 Å². The lowest BCUT2D eigenvalue weighted by Gasteiger charge is -2.15. The maximum absolute atomic E-state index is 12.4. The van der Waals surface area contributed by atoms with Crippen LogP contribution in [-0.4, -0.2) is 36.4 Å². The number of allylic oxidation sites excluding steroid dienone is 12. The third kappa shape index (κ3) is 77.7. The fourth-order valence-electron chi connectivity index (χ4n) is 12.3. The topological polar surface area (TPSA) is 72.8 Å². The molecule has 0 saturated heterocycles. The van der Waals surface area contributed by atoms with E-state index >= 15 is 0 Å². The third-order valence-electron chi connectivity index (χ3n) is 18.3. The molecule has 0 heterocycles. The van der Waals surface area contributed by atoms with Gasteiger partial charge in [0.15, 0.2) is 6.10 Å². The smallest absolute Gasteiger partial charge is 0.306 e. The van der Waals surface area contributed by atoms with Gasteiger partial charge in [-0.15, -0.1) is 0 Å². The zero-order valence-electron chi connectivity index (χ0n) is 60.0. The molecular formula is C84H154O5. The highest BCUT2D eigenvalue weighted by atomic mass is 16.6. The van der Waals surface area contributed by atoms with Crippen molar-refractivity contribution < 1.29 is 24.2 Å². The van der Waals surface area contributed by atoms with E-state index in [-0.39, 0.29) is 25.2 Å². The molecule has 5 heteroatoms. The van der Waals surface area contributed by atoms with Gasteiger partial charge in [0.2, 0.25) is 0 Å². The van der Waals surface area contributed by atoms with Crippen LogP contribution in [0, 0.1) is 0 Å². The molecule has 0 fully saturated rings. The molecule has 0 bridgehead atoms. The fourth-order valence-corrected chi connectivity index (χ4v) is 12.3. The molecule has 0 radical (unpaired) electrons. The van der Waals surface area contributed by atoms with E-state index in [2.05, 4.69) is 86.8 Å². The Morgan fingerprint density at radius 1 is 0.270 bits per heavy atom. The molecule has 0 aromatic carbocycles. The molecule has 0 aliphatic carbocycles. The Bertz CT molecular complexity index is 1550. The highest BCUT2D eigenvalue weighted by Crippen LogP contribution is 2.20. The molecule has 0 amide bonds. The maximum atomic E-state index is 12.4. The number of aliphatic hydroxyl groups excluding tert-OH is 1. The first-order valence-electron chi connectivity index (χ1n) is 40.0. The number of hydrogen-bond donors (Lipinski definition) is 1. The van der Waals surface area contributed by atoms with Crippen LogP contribution in [-0.2, 0) is 19.1 Å². The summed E-state index contributed by atoms with van der Waals surface area (Å²) in [6, 6.07) is 0. The Hall–Kier alpha value is -2.66. The molecule has 0 aliphatic rings. The van der Waals surface area contributed by atoms with Crippen LogP contribution in [0.2, 0.25) is 0 Å². The number of aliphatic hydroxyl groups is 1. The number of esters is 2. The molecule has 1 N–H and O–H groups in total. The van der Waals surface area contributed by atoms with Crippen molar-refractivity contribution in [1.29, 1.82) is 0 Å². The summed E-state index contributed by atoms with van der Waals surface area (Å²) in [7, 11) is 0. The van der Waals surface area contributed by atoms with Crippen LogP contribution < -0.4 is 0 Å². The van der Waals surface area contributed by atoms with E-state index in [1.807, 2.05) is 0 Å². The quantitative estimate of drug-likeness (QED) is 0.0373. The minimum atomic E-state index is -0.772. The summed E-state index contributed by atoms with van der Waals surface area (Å²) < 4.78 is 10.8. The zero-order chi connectivity index (χ0) is 64.0. The molecule has 1 atom stereocenters. The molecule has 5 nitrogen and oxygen atoms in total. The van der Waals surface area contributed by atoms with Crippen molar-refractivity contribution in [3.8, 4) is 0 Å². The van der Waals surface area contributed by atoms with Crippen LogP contribution in [0.1, 0.15) is 431 Å². The monoisotopic (exact) mass is 1240 g/mol. The Kier molecular flexibility index (Phi) is 77.2. The predicted octanol–water partition coefficient (Wildman–Crippen LogP) is 28.2. The summed E-state index contributed by atoms with van der Waals surface area (Å²) in [6.45, 7) is 4.09. The average molecular weight is 1240 g/mol. The Labute approximate surface area is 556 Å². The molecule has 0 aliphatic heterocycles. The Morgan fingerprint density at radius 2 is 0.483 bits per heavy atom. The first-order valence-corrected chi connectivity index (χ1v) is 40.0. The van der Waals surface area contributed by atoms with E-state index in [1.165, 1.54) is 334 Å². The maximum Gasteiger partial charge on any atom is 0.306 e. The van der Waals surface area contributed by atoms with Crippen LogP contribution in [0.3, 0.4) is 0 Å². The largest absolute Gasteiger partial charge is 0.462 e. The number of rotatable bonds is 75. The molecule has 0 spiro atoms. The Balaban J connectivity index is 3.38. The normalized spacial score (nSPS) is 12.5. The van der Waals surface area contributed by atoms with Crippen LogP contribution in [0.25, 0.3) is 0 Å². The van der Waals surface area contributed by atoms with Gasteiger partial charge in [0.1, 0.15) is 6.61 Å². The first kappa shape index (κ1) is 86.3. The number of carbonyl (C=O) groups is 2. The summed E-state index contributed by atoms with van der Waals surface area (Å²) in [5.74, 6) is -0.566. The lowest BCUT2D eigenvalue weighted by molar-refractivity contribution is -0.161. The van der Waals surface area contributed by atoms with Gasteiger partial charge in [-0.05, 0) is 64.2 Å². The van der Waals surface area contributed by atoms with E-state index in [4.69, 9.17) is 9.47 Å². The highest BCUT2D eigenvalue weighted by Gasteiger charge is 2.16. The predicted molar refractivity (Wildman–Crippen MR) is 394 cm³/mol. The van der Waals surface area contributed by atoms with Gasteiger partial charge >= 0.3 is 11.9 Å².